The van der Waals surface area contributed by atoms with E-state index in [1.165, 1.54) is 5.57 Å². The molecule has 0 aromatic rings. The average Bonchev–Trinajstić information content (AvgIpc) is 2.85. The maximum Gasteiger partial charge on any atom is 0.228 e. The SMILES string of the molecule is CC(C)C1=C[C@@]23CC[C@@H]4[C@](C)(CCC[C@]4(C)C(=O)N4CCOCC4)[C@H]2C[C@@H]1[C@H]1C(=O)CCC(=O)[C@H]13. The van der Waals surface area contributed by atoms with Crippen LogP contribution in [-0.4, -0.2) is 48.7 Å². The maximum atomic E-state index is 14.0. The summed E-state index contributed by atoms with van der Waals surface area (Å²) in [5, 5.41) is 0. The van der Waals surface area contributed by atoms with E-state index in [2.05, 4.69) is 38.7 Å². The summed E-state index contributed by atoms with van der Waals surface area (Å²) in [5.74, 6) is 2.12. The maximum absolute atomic E-state index is 14.0. The highest BCUT2D eigenvalue weighted by atomic mass is 16.5. The Balaban J connectivity index is 1.42. The molecule has 8 atom stereocenters. The molecular weight excluding hydrogens is 438 g/mol. The molecule has 4 saturated carbocycles. The molecule has 1 saturated heterocycles. The Morgan fingerprint density at radius 2 is 1.74 bits per heavy atom. The first-order chi connectivity index (χ1) is 16.6. The van der Waals surface area contributed by atoms with Crippen LogP contribution in [0.25, 0.3) is 0 Å². The van der Waals surface area contributed by atoms with Crippen molar-refractivity contribution in [3.05, 3.63) is 11.6 Å². The quantitative estimate of drug-likeness (QED) is 0.530. The van der Waals surface area contributed by atoms with E-state index in [9.17, 15) is 14.4 Å². The molecule has 7 rings (SSSR count). The molecule has 192 valence electrons. The predicted molar refractivity (Wildman–Crippen MR) is 133 cm³/mol. The van der Waals surface area contributed by atoms with Gasteiger partial charge in [-0.1, -0.05) is 45.8 Å². The molecule has 5 fully saturated rings. The fourth-order valence-corrected chi connectivity index (χ4v) is 10.5. The lowest BCUT2D eigenvalue weighted by atomic mass is 9.33. The van der Waals surface area contributed by atoms with Gasteiger partial charge in [-0.25, -0.2) is 0 Å². The molecule has 7 aliphatic rings. The monoisotopic (exact) mass is 481 g/mol. The van der Waals surface area contributed by atoms with Crippen molar-refractivity contribution in [3.8, 4) is 0 Å². The third-order valence-corrected chi connectivity index (χ3v) is 11.8. The van der Waals surface area contributed by atoms with Gasteiger partial charge in [0.05, 0.1) is 13.2 Å². The highest BCUT2D eigenvalue weighted by Crippen LogP contribution is 2.74. The lowest BCUT2D eigenvalue weighted by Gasteiger charge is -2.70. The first-order valence-electron chi connectivity index (χ1n) is 14.3. The van der Waals surface area contributed by atoms with Crippen LogP contribution in [0.4, 0.5) is 0 Å². The molecule has 0 aromatic carbocycles. The fraction of sp³-hybridized carbons (Fsp3) is 0.833. The first kappa shape index (κ1) is 23.9. The summed E-state index contributed by atoms with van der Waals surface area (Å²) in [5.41, 5.74) is 0.919. The molecule has 1 amide bonds. The lowest BCUT2D eigenvalue weighted by molar-refractivity contribution is -0.199. The summed E-state index contributed by atoms with van der Waals surface area (Å²) >= 11 is 0. The minimum Gasteiger partial charge on any atom is -0.378 e. The number of amides is 1. The van der Waals surface area contributed by atoms with Crippen molar-refractivity contribution in [2.75, 3.05) is 26.3 Å². The van der Waals surface area contributed by atoms with Crippen molar-refractivity contribution in [3.63, 3.8) is 0 Å². The van der Waals surface area contributed by atoms with E-state index in [0.29, 0.717) is 74.4 Å². The number of hydrogen-bond donors (Lipinski definition) is 0. The standard InChI is InChI=1S/C30H43NO4/c1-18(2)20-17-30-11-8-23-28(3,9-5-10-29(23,4)27(34)31-12-14-35-15-13-31)24(30)16-19(20)25-21(32)6-7-22(33)26(25)30/h17-19,23-26H,5-16H2,1-4H3/t19-,23+,24+,25-,26+,28-,29-,30-/m0/s1. The number of nitrogens with zero attached hydrogens (tertiary/aromatic N) is 1. The fourth-order valence-electron chi connectivity index (χ4n) is 10.5. The molecule has 5 heteroatoms. The van der Waals surface area contributed by atoms with Crippen LogP contribution in [0.1, 0.15) is 79.1 Å². The summed E-state index contributed by atoms with van der Waals surface area (Å²) in [6.07, 6.45) is 9.52. The summed E-state index contributed by atoms with van der Waals surface area (Å²) in [7, 11) is 0. The number of carbonyl (C=O) groups is 3. The molecule has 35 heavy (non-hydrogen) atoms. The van der Waals surface area contributed by atoms with Gasteiger partial charge in [0.1, 0.15) is 11.6 Å². The summed E-state index contributed by atoms with van der Waals surface area (Å²) in [4.78, 5) is 42.9. The third-order valence-electron chi connectivity index (χ3n) is 11.8. The molecule has 6 aliphatic carbocycles. The molecule has 5 nitrogen and oxygen atoms in total. The van der Waals surface area contributed by atoms with Gasteiger partial charge in [0, 0.05) is 48.6 Å². The molecule has 1 heterocycles. The molecule has 1 aliphatic heterocycles. The van der Waals surface area contributed by atoms with Crippen molar-refractivity contribution < 1.29 is 19.1 Å². The number of rotatable bonds is 2. The topological polar surface area (TPSA) is 63.7 Å². The highest BCUT2D eigenvalue weighted by Gasteiger charge is 2.70. The van der Waals surface area contributed by atoms with E-state index in [1.807, 2.05) is 0 Å². The Bertz CT molecular complexity index is 979. The van der Waals surface area contributed by atoms with E-state index >= 15 is 0 Å². The number of fused-ring (bicyclic) bond motifs is 1. The van der Waals surface area contributed by atoms with Gasteiger partial charge in [0.25, 0.3) is 0 Å². The zero-order valence-electron chi connectivity index (χ0n) is 22.1. The number of ether oxygens (including phenoxy) is 1. The number of Topliss-reactive ketones (excluding diaryl/α,β-unsaturated/α-hetero) is 2. The molecule has 0 aromatic heterocycles. The summed E-state index contributed by atoms with van der Waals surface area (Å²) in [6.45, 7) is 11.9. The molecular formula is C30H43NO4. The third kappa shape index (κ3) is 3.12. The largest absolute Gasteiger partial charge is 0.378 e. The van der Waals surface area contributed by atoms with Crippen LogP contribution in [0.2, 0.25) is 0 Å². The van der Waals surface area contributed by atoms with Crippen molar-refractivity contribution in [1.29, 1.82) is 0 Å². The highest BCUT2D eigenvalue weighted by molar-refractivity contribution is 5.98. The van der Waals surface area contributed by atoms with Gasteiger partial charge in [0.15, 0.2) is 0 Å². The van der Waals surface area contributed by atoms with Crippen LogP contribution >= 0.6 is 0 Å². The van der Waals surface area contributed by atoms with Crippen molar-refractivity contribution in [2.24, 2.45) is 51.8 Å². The van der Waals surface area contributed by atoms with E-state index in [4.69, 9.17) is 4.74 Å². The van der Waals surface area contributed by atoms with E-state index in [1.54, 1.807) is 0 Å². The first-order valence-corrected chi connectivity index (χ1v) is 14.3. The van der Waals surface area contributed by atoms with Crippen LogP contribution in [0.15, 0.2) is 11.6 Å². The van der Waals surface area contributed by atoms with Crippen LogP contribution in [0.5, 0.6) is 0 Å². The number of morpholine rings is 1. The smallest absolute Gasteiger partial charge is 0.228 e. The second-order valence-corrected chi connectivity index (χ2v) is 13.5. The second-order valence-electron chi connectivity index (χ2n) is 13.5. The van der Waals surface area contributed by atoms with E-state index < -0.39 is 0 Å². The van der Waals surface area contributed by atoms with Crippen LogP contribution in [0.3, 0.4) is 0 Å². The van der Waals surface area contributed by atoms with Gasteiger partial charge in [-0.15, -0.1) is 0 Å². The lowest BCUT2D eigenvalue weighted by Crippen LogP contribution is -2.68. The van der Waals surface area contributed by atoms with Gasteiger partial charge in [-0.2, -0.15) is 0 Å². The zero-order chi connectivity index (χ0) is 24.8. The number of allylic oxidation sites excluding steroid dienone is 2. The van der Waals surface area contributed by atoms with Gasteiger partial charge >= 0.3 is 0 Å². The van der Waals surface area contributed by atoms with Gasteiger partial charge in [-0.05, 0) is 61.2 Å². The number of hydrogen-bond acceptors (Lipinski definition) is 4. The average molecular weight is 482 g/mol. The van der Waals surface area contributed by atoms with Crippen LogP contribution in [-0.2, 0) is 19.1 Å². The molecule has 0 N–H and O–H groups in total. The molecule has 1 spiro atoms. The Hall–Kier alpha value is -1.49. The molecule has 0 unspecified atom stereocenters. The summed E-state index contributed by atoms with van der Waals surface area (Å²) < 4.78 is 5.54. The van der Waals surface area contributed by atoms with E-state index in [-0.39, 0.29) is 34.0 Å². The van der Waals surface area contributed by atoms with Crippen molar-refractivity contribution in [2.45, 2.75) is 79.1 Å². The number of carbonyl (C=O) groups excluding carboxylic acids is 3. The zero-order valence-corrected chi connectivity index (χ0v) is 22.1. The Labute approximate surface area is 210 Å². The minimum absolute atomic E-state index is 0.0240. The van der Waals surface area contributed by atoms with Gasteiger partial charge < -0.3 is 9.64 Å². The Morgan fingerprint density at radius 3 is 2.46 bits per heavy atom. The van der Waals surface area contributed by atoms with Crippen LogP contribution < -0.4 is 0 Å². The van der Waals surface area contributed by atoms with Crippen molar-refractivity contribution >= 4 is 17.5 Å². The Kier molecular flexibility index (Phi) is 5.46. The minimum atomic E-state index is -0.348. The number of ketones is 2. The molecule has 0 radical (unpaired) electrons. The van der Waals surface area contributed by atoms with E-state index in [0.717, 1.165) is 38.5 Å². The second kappa shape index (κ2) is 8.00. The Morgan fingerprint density at radius 1 is 1.03 bits per heavy atom. The van der Waals surface area contributed by atoms with Gasteiger partial charge in [-0.3, -0.25) is 14.4 Å². The normalized spacial score (nSPS) is 47.2. The molecule has 2 bridgehead atoms. The van der Waals surface area contributed by atoms with Crippen LogP contribution in [0, 0.1) is 51.8 Å². The summed E-state index contributed by atoms with van der Waals surface area (Å²) in [6, 6.07) is 0. The van der Waals surface area contributed by atoms with Crippen molar-refractivity contribution in [1.82, 2.24) is 4.90 Å². The predicted octanol–water partition coefficient (Wildman–Crippen LogP) is 4.83. The van der Waals surface area contributed by atoms with Gasteiger partial charge in [0.2, 0.25) is 5.91 Å².